The summed E-state index contributed by atoms with van der Waals surface area (Å²) in [5, 5.41) is 5.38. The third-order valence-electron chi connectivity index (χ3n) is 5.15. The van der Waals surface area contributed by atoms with Crippen molar-refractivity contribution in [1.29, 1.82) is 0 Å². The topological polar surface area (TPSA) is 52.3 Å². The molecule has 1 atom stereocenters. The van der Waals surface area contributed by atoms with Gasteiger partial charge >= 0.3 is 0 Å². The van der Waals surface area contributed by atoms with Crippen molar-refractivity contribution in [2.75, 3.05) is 13.2 Å². The normalized spacial score (nSPS) is 17.3. The summed E-state index contributed by atoms with van der Waals surface area (Å²) in [5.74, 6) is 0.0566. The number of hydrogen-bond donors (Lipinski definition) is 0. The molecule has 2 aromatic heterocycles. The molecule has 0 saturated carbocycles. The van der Waals surface area contributed by atoms with Crippen LogP contribution in [0.15, 0.2) is 42.7 Å². The minimum atomic E-state index is 0.0446. The van der Waals surface area contributed by atoms with Crippen LogP contribution in [0.1, 0.15) is 29.4 Å². The van der Waals surface area contributed by atoms with Crippen molar-refractivity contribution in [3.8, 4) is 0 Å². The molecule has 1 aliphatic heterocycles. The van der Waals surface area contributed by atoms with Crippen molar-refractivity contribution in [3.63, 3.8) is 0 Å². The maximum absolute atomic E-state index is 13.5. The number of carbonyl (C=O) groups is 1. The molecular weight excluding hydrogens is 328 g/mol. The van der Waals surface area contributed by atoms with Gasteiger partial charge in [-0.3, -0.25) is 9.48 Å². The van der Waals surface area contributed by atoms with Gasteiger partial charge in [0.15, 0.2) is 0 Å². The van der Waals surface area contributed by atoms with E-state index >= 15 is 0 Å². The number of para-hydroxylation sites is 1. The van der Waals surface area contributed by atoms with Gasteiger partial charge in [-0.05, 0) is 25.5 Å². The number of rotatable bonds is 4. The lowest BCUT2D eigenvalue weighted by Crippen LogP contribution is -2.41. The number of ether oxygens (including phenoxy) is 1. The maximum Gasteiger partial charge on any atom is 0.256 e. The first kappa shape index (κ1) is 16.8. The molecule has 6 nitrogen and oxygen atoms in total. The summed E-state index contributed by atoms with van der Waals surface area (Å²) in [6, 6.07) is 10.1. The van der Waals surface area contributed by atoms with Crippen LogP contribution in [0.2, 0.25) is 0 Å². The third-order valence-corrected chi connectivity index (χ3v) is 5.15. The summed E-state index contributed by atoms with van der Waals surface area (Å²) < 4.78 is 9.70. The smallest absolute Gasteiger partial charge is 0.256 e. The molecule has 0 bridgehead atoms. The Morgan fingerprint density at radius 3 is 3.00 bits per heavy atom. The largest absolute Gasteiger partial charge is 0.380 e. The first-order chi connectivity index (χ1) is 12.7. The van der Waals surface area contributed by atoms with E-state index < -0.39 is 0 Å². The summed E-state index contributed by atoms with van der Waals surface area (Å²) in [7, 11) is 1.98. The van der Waals surface area contributed by atoms with Crippen LogP contribution in [0.5, 0.6) is 0 Å². The minimum absolute atomic E-state index is 0.0446. The van der Waals surface area contributed by atoms with Gasteiger partial charge in [-0.25, -0.2) is 0 Å². The molecule has 0 fully saturated rings. The number of carbonyl (C=O) groups excluding carboxylic acids is 1. The number of fused-ring (bicyclic) bond motifs is 2. The van der Waals surface area contributed by atoms with Crippen LogP contribution >= 0.6 is 0 Å². The predicted molar refractivity (Wildman–Crippen MR) is 99.9 cm³/mol. The monoisotopic (exact) mass is 352 g/mol. The molecule has 136 valence electrons. The molecule has 0 N–H and O–H groups in total. The summed E-state index contributed by atoms with van der Waals surface area (Å²) in [5.41, 5.74) is 2.88. The fraction of sp³-hybridized carbons (Fsp3) is 0.400. The second-order valence-electron chi connectivity index (χ2n) is 6.75. The molecule has 4 rings (SSSR count). The predicted octanol–water partition coefficient (Wildman–Crippen LogP) is 2.83. The van der Waals surface area contributed by atoms with Gasteiger partial charge in [0.05, 0.1) is 30.5 Å². The molecular formula is C20H24N4O2. The highest BCUT2D eigenvalue weighted by molar-refractivity contribution is 6.07. The average Bonchev–Trinajstić information content (AvgIpc) is 3.20. The number of aryl methyl sites for hydroxylation is 2. The van der Waals surface area contributed by atoms with Crippen molar-refractivity contribution in [2.24, 2.45) is 7.05 Å². The first-order valence-corrected chi connectivity index (χ1v) is 9.12. The van der Waals surface area contributed by atoms with Crippen LogP contribution < -0.4 is 0 Å². The van der Waals surface area contributed by atoms with E-state index in [4.69, 9.17) is 4.74 Å². The SMILES string of the molecule is CCOCC1CCn2nccc2CN1C(=O)c1cn(C)c2ccccc12. The zero-order valence-electron chi connectivity index (χ0n) is 15.3. The summed E-state index contributed by atoms with van der Waals surface area (Å²) in [6.07, 6.45) is 4.58. The van der Waals surface area contributed by atoms with Gasteiger partial charge in [0.2, 0.25) is 0 Å². The molecule has 3 heterocycles. The average molecular weight is 352 g/mol. The van der Waals surface area contributed by atoms with Crippen LogP contribution in [-0.2, 0) is 24.9 Å². The molecule has 1 unspecified atom stereocenters. The van der Waals surface area contributed by atoms with E-state index in [0.717, 1.165) is 35.1 Å². The van der Waals surface area contributed by atoms with E-state index in [1.54, 1.807) is 6.20 Å². The van der Waals surface area contributed by atoms with Gasteiger partial charge in [-0.1, -0.05) is 18.2 Å². The number of nitrogens with zero attached hydrogens (tertiary/aromatic N) is 4. The quantitative estimate of drug-likeness (QED) is 0.725. The molecule has 0 radical (unpaired) electrons. The third kappa shape index (κ3) is 2.90. The molecule has 6 heteroatoms. The lowest BCUT2D eigenvalue weighted by molar-refractivity contribution is 0.0424. The van der Waals surface area contributed by atoms with Gasteiger partial charge in [0.1, 0.15) is 0 Å². The minimum Gasteiger partial charge on any atom is -0.380 e. The molecule has 0 spiro atoms. The molecule has 1 amide bonds. The van der Waals surface area contributed by atoms with E-state index in [2.05, 4.69) is 5.10 Å². The summed E-state index contributed by atoms with van der Waals surface area (Å²) in [6.45, 7) is 4.55. The lowest BCUT2D eigenvalue weighted by atomic mass is 10.1. The van der Waals surface area contributed by atoms with Crippen molar-refractivity contribution < 1.29 is 9.53 Å². The van der Waals surface area contributed by atoms with Crippen LogP contribution in [-0.4, -0.2) is 44.4 Å². The maximum atomic E-state index is 13.5. The zero-order chi connectivity index (χ0) is 18.1. The van der Waals surface area contributed by atoms with Gasteiger partial charge in [0.25, 0.3) is 5.91 Å². The van der Waals surface area contributed by atoms with Gasteiger partial charge in [0, 0.05) is 43.5 Å². The van der Waals surface area contributed by atoms with Crippen molar-refractivity contribution in [1.82, 2.24) is 19.2 Å². The first-order valence-electron chi connectivity index (χ1n) is 9.12. The molecule has 0 saturated heterocycles. The number of hydrogen-bond acceptors (Lipinski definition) is 3. The molecule has 0 aliphatic carbocycles. The standard InChI is InChI=1S/C20H24N4O2/c1-3-26-14-16-9-11-24-15(8-10-21-24)12-23(16)20(25)18-13-22(2)19-7-5-4-6-17(18)19/h4-8,10,13,16H,3,9,11-12,14H2,1-2H3. The Kier molecular flexibility index (Phi) is 4.51. The number of benzene rings is 1. The van der Waals surface area contributed by atoms with Crippen molar-refractivity contribution in [2.45, 2.75) is 32.5 Å². The van der Waals surface area contributed by atoms with E-state index in [1.807, 2.05) is 64.6 Å². The number of amides is 1. The van der Waals surface area contributed by atoms with E-state index in [0.29, 0.717) is 19.8 Å². The van der Waals surface area contributed by atoms with Gasteiger partial charge in [-0.2, -0.15) is 5.10 Å². The summed E-state index contributed by atoms with van der Waals surface area (Å²) in [4.78, 5) is 15.5. The van der Waals surface area contributed by atoms with E-state index in [1.165, 1.54) is 0 Å². The fourth-order valence-electron chi connectivity index (χ4n) is 3.76. The molecule has 26 heavy (non-hydrogen) atoms. The van der Waals surface area contributed by atoms with Crippen LogP contribution in [0.3, 0.4) is 0 Å². The molecule has 3 aromatic rings. The van der Waals surface area contributed by atoms with Crippen LogP contribution in [0.25, 0.3) is 10.9 Å². The highest BCUT2D eigenvalue weighted by Gasteiger charge is 2.30. The van der Waals surface area contributed by atoms with E-state index in [-0.39, 0.29) is 11.9 Å². The Balaban J connectivity index is 1.72. The van der Waals surface area contributed by atoms with Gasteiger partial charge in [-0.15, -0.1) is 0 Å². The number of aromatic nitrogens is 3. The van der Waals surface area contributed by atoms with Crippen LogP contribution in [0, 0.1) is 0 Å². The molecule has 1 aromatic carbocycles. The summed E-state index contributed by atoms with van der Waals surface area (Å²) >= 11 is 0. The lowest BCUT2D eigenvalue weighted by Gasteiger charge is -2.29. The highest BCUT2D eigenvalue weighted by Crippen LogP contribution is 2.25. The highest BCUT2D eigenvalue weighted by atomic mass is 16.5. The second kappa shape index (κ2) is 6.96. The van der Waals surface area contributed by atoms with Crippen LogP contribution in [0.4, 0.5) is 0 Å². The zero-order valence-corrected chi connectivity index (χ0v) is 15.3. The fourth-order valence-corrected chi connectivity index (χ4v) is 3.76. The Labute approximate surface area is 153 Å². The Morgan fingerprint density at radius 1 is 1.31 bits per heavy atom. The van der Waals surface area contributed by atoms with E-state index in [9.17, 15) is 4.79 Å². The molecule has 1 aliphatic rings. The Morgan fingerprint density at radius 2 is 2.15 bits per heavy atom. The van der Waals surface area contributed by atoms with Crippen molar-refractivity contribution in [3.05, 3.63) is 54.0 Å². The second-order valence-corrected chi connectivity index (χ2v) is 6.75. The van der Waals surface area contributed by atoms with Crippen molar-refractivity contribution >= 4 is 16.8 Å². The Bertz CT molecular complexity index is 927. The Hall–Kier alpha value is -2.60. The van der Waals surface area contributed by atoms with Gasteiger partial charge < -0.3 is 14.2 Å².